The fraction of sp³-hybridized carbons (Fsp3) is 0.222. The Labute approximate surface area is 161 Å². The zero-order valence-corrected chi connectivity index (χ0v) is 15.9. The first-order valence-electron chi connectivity index (χ1n) is 7.65. The Hall–Kier alpha value is -2.44. The van der Waals surface area contributed by atoms with Crippen molar-refractivity contribution in [1.29, 1.82) is 0 Å². The average molecular weight is 397 g/mol. The molecule has 0 saturated carbocycles. The number of methoxy groups -OCH3 is 1. The average Bonchev–Trinajstić information content (AvgIpc) is 2.62. The van der Waals surface area contributed by atoms with E-state index < -0.39 is 12.0 Å². The molecule has 2 N–H and O–H groups in total. The summed E-state index contributed by atoms with van der Waals surface area (Å²) in [6.45, 7) is 3.29. The van der Waals surface area contributed by atoms with Crippen LogP contribution in [0.15, 0.2) is 41.5 Å². The maximum atomic E-state index is 12.2. The molecular formula is C18H18Cl2N2O4. The number of rotatable bonds is 6. The molecule has 0 saturated heterocycles. The summed E-state index contributed by atoms with van der Waals surface area (Å²) >= 11 is 11.9. The molecular weight excluding hydrogens is 379 g/mol. The van der Waals surface area contributed by atoms with E-state index >= 15 is 0 Å². The van der Waals surface area contributed by atoms with Crippen LogP contribution in [-0.2, 0) is 4.79 Å². The number of hydrazone groups is 1. The van der Waals surface area contributed by atoms with Gasteiger partial charge < -0.3 is 14.6 Å². The monoisotopic (exact) mass is 396 g/mol. The lowest BCUT2D eigenvalue weighted by molar-refractivity contribution is -0.127. The van der Waals surface area contributed by atoms with Gasteiger partial charge in [-0.3, -0.25) is 4.79 Å². The quantitative estimate of drug-likeness (QED) is 0.570. The summed E-state index contributed by atoms with van der Waals surface area (Å²) < 4.78 is 10.6. The second kappa shape index (κ2) is 8.78. The number of hydrogen-bond donors (Lipinski definition) is 2. The third-order valence-electron chi connectivity index (χ3n) is 3.50. The number of phenols is 1. The van der Waals surface area contributed by atoms with Gasteiger partial charge in [-0.1, -0.05) is 23.2 Å². The number of hydrogen-bond acceptors (Lipinski definition) is 5. The van der Waals surface area contributed by atoms with E-state index in [-0.39, 0.29) is 5.75 Å². The summed E-state index contributed by atoms with van der Waals surface area (Å²) in [6, 6.07) is 9.51. The van der Waals surface area contributed by atoms with Gasteiger partial charge in [-0.05, 0) is 50.2 Å². The molecule has 0 aromatic heterocycles. The number of carbonyl (C=O) groups is 1. The molecule has 0 fully saturated rings. The van der Waals surface area contributed by atoms with E-state index in [2.05, 4.69) is 10.5 Å². The molecule has 1 unspecified atom stereocenters. The van der Waals surface area contributed by atoms with Crippen LogP contribution in [0.2, 0.25) is 10.0 Å². The summed E-state index contributed by atoms with van der Waals surface area (Å²) in [4.78, 5) is 12.2. The van der Waals surface area contributed by atoms with Crippen molar-refractivity contribution in [2.45, 2.75) is 20.0 Å². The standard InChI is InChI=1S/C18H18Cl2N2O4/c1-10(12-4-6-15(23)17(8-12)25-3)21-22-18(24)11(2)26-16-7-5-13(19)9-14(16)20/h4-9,11,23H,1-3H3,(H,22,24). The lowest BCUT2D eigenvalue weighted by Crippen LogP contribution is -2.34. The molecule has 2 aromatic rings. The first-order chi connectivity index (χ1) is 12.3. The van der Waals surface area contributed by atoms with Crippen molar-refractivity contribution in [2.24, 2.45) is 5.10 Å². The number of nitrogens with zero attached hydrogens (tertiary/aromatic N) is 1. The fourth-order valence-corrected chi connectivity index (χ4v) is 2.46. The third-order valence-corrected chi connectivity index (χ3v) is 4.03. The van der Waals surface area contributed by atoms with Gasteiger partial charge in [-0.2, -0.15) is 5.10 Å². The normalized spacial score (nSPS) is 12.4. The zero-order chi connectivity index (χ0) is 19.3. The van der Waals surface area contributed by atoms with Crippen LogP contribution in [0.25, 0.3) is 0 Å². The lowest BCUT2D eigenvalue weighted by atomic mass is 10.1. The molecule has 2 rings (SSSR count). The van der Waals surface area contributed by atoms with Gasteiger partial charge in [0.2, 0.25) is 0 Å². The van der Waals surface area contributed by atoms with Crippen molar-refractivity contribution in [3.63, 3.8) is 0 Å². The molecule has 1 atom stereocenters. The third kappa shape index (κ3) is 5.03. The van der Waals surface area contributed by atoms with Gasteiger partial charge in [0.15, 0.2) is 17.6 Å². The van der Waals surface area contributed by atoms with Crippen LogP contribution in [0.3, 0.4) is 0 Å². The highest BCUT2D eigenvalue weighted by atomic mass is 35.5. The number of halogens is 2. The number of benzene rings is 2. The molecule has 8 heteroatoms. The molecule has 0 aliphatic heterocycles. The van der Waals surface area contributed by atoms with Gasteiger partial charge >= 0.3 is 0 Å². The van der Waals surface area contributed by atoms with E-state index in [1.165, 1.54) is 19.2 Å². The molecule has 6 nitrogen and oxygen atoms in total. The molecule has 1 amide bonds. The summed E-state index contributed by atoms with van der Waals surface area (Å²) in [6.07, 6.45) is -0.820. The minimum absolute atomic E-state index is 0.0231. The van der Waals surface area contributed by atoms with Gasteiger partial charge in [0.25, 0.3) is 5.91 Å². The summed E-state index contributed by atoms with van der Waals surface area (Å²) in [5, 5.41) is 14.5. The first kappa shape index (κ1) is 19.9. The Bertz CT molecular complexity index is 840. The summed E-state index contributed by atoms with van der Waals surface area (Å²) in [5.41, 5.74) is 3.66. The van der Waals surface area contributed by atoms with Crippen molar-refractivity contribution in [3.8, 4) is 17.2 Å². The van der Waals surface area contributed by atoms with Crippen LogP contribution >= 0.6 is 23.2 Å². The number of aromatic hydroxyl groups is 1. The largest absolute Gasteiger partial charge is 0.504 e. The number of carbonyl (C=O) groups excluding carboxylic acids is 1. The van der Waals surface area contributed by atoms with E-state index in [0.29, 0.717) is 32.8 Å². The summed E-state index contributed by atoms with van der Waals surface area (Å²) in [5.74, 6) is 0.246. The van der Waals surface area contributed by atoms with Gasteiger partial charge in [0.1, 0.15) is 5.75 Å². The first-order valence-corrected chi connectivity index (χ1v) is 8.40. The number of phenolic OH excluding ortho intramolecular Hbond substituents is 1. The minimum Gasteiger partial charge on any atom is -0.504 e. The molecule has 26 heavy (non-hydrogen) atoms. The Balaban J connectivity index is 2.03. The van der Waals surface area contributed by atoms with Crippen molar-refractivity contribution < 1.29 is 19.4 Å². The van der Waals surface area contributed by atoms with Crippen molar-refractivity contribution in [1.82, 2.24) is 5.43 Å². The highest BCUT2D eigenvalue weighted by Gasteiger charge is 2.16. The predicted octanol–water partition coefficient (Wildman–Crippen LogP) is 4.02. The molecule has 0 heterocycles. The van der Waals surface area contributed by atoms with E-state index in [0.717, 1.165) is 0 Å². The highest BCUT2D eigenvalue weighted by Crippen LogP contribution is 2.28. The molecule has 0 radical (unpaired) electrons. The Morgan fingerprint density at radius 1 is 1.19 bits per heavy atom. The number of amides is 1. The number of nitrogens with one attached hydrogen (secondary N) is 1. The lowest BCUT2D eigenvalue weighted by Gasteiger charge is -2.14. The van der Waals surface area contributed by atoms with Crippen molar-refractivity contribution in [2.75, 3.05) is 7.11 Å². The second-order valence-corrected chi connectivity index (χ2v) is 6.24. The Morgan fingerprint density at radius 3 is 2.58 bits per heavy atom. The SMILES string of the molecule is COc1cc(C(C)=NNC(=O)C(C)Oc2ccc(Cl)cc2Cl)ccc1O. The molecule has 0 bridgehead atoms. The Kier molecular flexibility index (Phi) is 6.71. The second-order valence-electron chi connectivity index (χ2n) is 5.39. The van der Waals surface area contributed by atoms with Crippen LogP contribution in [0.1, 0.15) is 19.4 Å². The van der Waals surface area contributed by atoms with E-state index in [9.17, 15) is 9.90 Å². The molecule has 0 aliphatic rings. The van der Waals surface area contributed by atoms with Crippen molar-refractivity contribution >= 4 is 34.8 Å². The predicted molar refractivity (Wildman–Crippen MR) is 102 cm³/mol. The van der Waals surface area contributed by atoms with Gasteiger partial charge in [0.05, 0.1) is 17.8 Å². The van der Waals surface area contributed by atoms with Crippen LogP contribution < -0.4 is 14.9 Å². The fourth-order valence-electron chi connectivity index (χ4n) is 2.01. The Morgan fingerprint density at radius 2 is 1.92 bits per heavy atom. The number of ether oxygens (including phenoxy) is 2. The van der Waals surface area contributed by atoms with Crippen LogP contribution in [0.4, 0.5) is 0 Å². The van der Waals surface area contributed by atoms with Crippen LogP contribution in [-0.4, -0.2) is 29.9 Å². The smallest absolute Gasteiger partial charge is 0.280 e. The molecule has 0 aliphatic carbocycles. The van der Waals surface area contributed by atoms with Crippen LogP contribution in [0.5, 0.6) is 17.2 Å². The van der Waals surface area contributed by atoms with E-state index in [1.807, 2.05) is 0 Å². The van der Waals surface area contributed by atoms with E-state index in [4.69, 9.17) is 32.7 Å². The highest BCUT2D eigenvalue weighted by molar-refractivity contribution is 6.35. The minimum atomic E-state index is -0.820. The zero-order valence-electron chi connectivity index (χ0n) is 14.4. The summed E-state index contributed by atoms with van der Waals surface area (Å²) in [7, 11) is 1.45. The molecule has 138 valence electrons. The topological polar surface area (TPSA) is 80.2 Å². The van der Waals surface area contributed by atoms with Crippen molar-refractivity contribution in [3.05, 3.63) is 52.0 Å². The maximum absolute atomic E-state index is 12.2. The molecule has 2 aromatic carbocycles. The van der Waals surface area contributed by atoms with Crippen LogP contribution in [0, 0.1) is 0 Å². The van der Waals surface area contributed by atoms with Gasteiger partial charge in [0, 0.05) is 10.6 Å². The van der Waals surface area contributed by atoms with E-state index in [1.54, 1.807) is 38.1 Å². The maximum Gasteiger partial charge on any atom is 0.280 e. The van der Waals surface area contributed by atoms with Gasteiger partial charge in [-0.15, -0.1) is 0 Å². The van der Waals surface area contributed by atoms with Gasteiger partial charge in [-0.25, -0.2) is 5.43 Å². The molecule has 0 spiro atoms.